The van der Waals surface area contributed by atoms with Crippen molar-refractivity contribution in [2.45, 2.75) is 170 Å². The fourth-order valence-corrected chi connectivity index (χ4v) is 9.97. The van der Waals surface area contributed by atoms with Crippen molar-refractivity contribution in [2.24, 2.45) is 17.3 Å². The number of fused-ring (bicyclic) bond motifs is 1. The van der Waals surface area contributed by atoms with Crippen LogP contribution in [0.1, 0.15) is 125 Å². The van der Waals surface area contributed by atoms with E-state index in [4.69, 9.17) is 18.6 Å². The first-order valence-electron chi connectivity index (χ1n) is 18.4. The van der Waals surface area contributed by atoms with E-state index in [9.17, 15) is 9.59 Å². The fourth-order valence-electron chi connectivity index (χ4n) is 6.25. The van der Waals surface area contributed by atoms with Crippen molar-refractivity contribution in [1.82, 2.24) is 4.98 Å². The number of ketones is 1. The third kappa shape index (κ3) is 10.2. The Morgan fingerprint density at radius 3 is 2.12 bits per heavy atom. The van der Waals surface area contributed by atoms with Crippen molar-refractivity contribution in [3.05, 3.63) is 40.4 Å². The number of hydrogen-bond donors (Lipinski definition) is 0. The van der Waals surface area contributed by atoms with E-state index in [1.54, 1.807) is 11.3 Å². The molecule has 5 unspecified atom stereocenters. The van der Waals surface area contributed by atoms with Crippen LogP contribution >= 0.6 is 11.3 Å². The van der Waals surface area contributed by atoms with Crippen molar-refractivity contribution in [2.75, 3.05) is 0 Å². The minimum absolute atomic E-state index is 0.00146. The van der Waals surface area contributed by atoms with Gasteiger partial charge >= 0.3 is 5.97 Å². The third-order valence-corrected chi connectivity index (χ3v) is 21.7. The van der Waals surface area contributed by atoms with E-state index < -0.39 is 34.3 Å². The van der Waals surface area contributed by atoms with Crippen molar-refractivity contribution in [3.63, 3.8) is 0 Å². The molecule has 0 saturated heterocycles. The highest BCUT2D eigenvalue weighted by atomic mass is 32.1. The van der Waals surface area contributed by atoms with Gasteiger partial charge in [0.1, 0.15) is 11.9 Å². The Bertz CT molecular complexity index is 1500. The highest BCUT2D eigenvalue weighted by Gasteiger charge is 2.50. The maximum atomic E-state index is 14.9. The monoisotopic (exact) mass is 729 g/mol. The molecule has 0 saturated carbocycles. The summed E-state index contributed by atoms with van der Waals surface area (Å²) in [6.07, 6.45) is 4.38. The van der Waals surface area contributed by atoms with Crippen LogP contribution in [0.4, 0.5) is 0 Å². The standard InChI is InChI=1S/C40H67NO5SSi2/c1-26-18-17-19-27(2)36(46-49(15,16)39(8,9)10)28(3)37(43)40(11,12)34(45-48(13,14)38(5,6)7)25-35(42)44-32(22-20-26)30-21-23-33-31(24-30)41-29(4)47-33/h20-21,23-24,27-28,32,34,36H,17-19,22,25H2,1-16H3/b26-20-. The van der Waals surface area contributed by atoms with Crippen LogP contribution < -0.4 is 0 Å². The summed E-state index contributed by atoms with van der Waals surface area (Å²) in [6, 6.07) is 6.19. The number of carbonyl (C=O) groups is 2. The molecule has 0 fully saturated rings. The second kappa shape index (κ2) is 15.5. The van der Waals surface area contributed by atoms with E-state index >= 15 is 0 Å². The number of rotatable bonds is 5. The number of thiazole rings is 1. The van der Waals surface area contributed by atoms with Crippen molar-refractivity contribution in [3.8, 4) is 0 Å². The van der Waals surface area contributed by atoms with Crippen molar-refractivity contribution < 1.29 is 23.2 Å². The number of carbonyl (C=O) groups excluding carboxylic acids is 2. The summed E-state index contributed by atoms with van der Waals surface area (Å²) >= 11 is 1.66. The molecule has 6 nitrogen and oxygen atoms in total. The molecule has 9 heteroatoms. The van der Waals surface area contributed by atoms with Crippen LogP contribution in [-0.2, 0) is 23.2 Å². The minimum Gasteiger partial charge on any atom is -0.457 e. The van der Waals surface area contributed by atoms with E-state index in [-0.39, 0.29) is 46.2 Å². The Hall–Kier alpha value is -1.66. The van der Waals surface area contributed by atoms with E-state index in [1.807, 2.05) is 27.7 Å². The summed E-state index contributed by atoms with van der Waals surface area (Å²) < 4.78 is 21.7. The summed E-state index contributed by atoms with van der Waals surface area (Å²) in [7, 11) is -4.60. The Morgan fingerprint density at radius 2 is 1.53 bits per heavy atom. The minimum atomic E-state index is -2.40. The molecule has 0 radical (unpaired) electrons. The van der Waals surface area contributed by atoms with E-state index in [1.165, 1.54) is 5.57 Å². The molecule has 0 N–H and O–H groups in total. The molecule has 1 aromatic carbocycles. The average Bonchev–Trinajstić information content (AvgIpc) is 3.34. The molecule has 0 bridgehead atoms. The Morgan fingerprint density at radius 1 is 0.939 bits per heavy atom. The number of aryl methyl sites for hydroxylation is 1. The van der Waals surface area contributed by atoms with Crippen LogP contribution in [0.15, 0.2) is 29.8 Å². The first-order valence-corrected chi connectivity index (χ1v) is 25.0. The first kappa shape index (κ1) is 41.8. The van der Waals surface area contributed by atoms with Crippen molar-refractivity contribution >= 4 is 49.9 Å². The van der Waals surface area contributed by atoms with Crippen LogP contribution in [0.5, 0.6) is 0 Å². The highest BCUT2D eigenvalue weighted by molar-refractivity contribution is 7.18. The number of allylic oxidation sites excluding steroid dienone is 1. The van der Waals surface area contributed by atoms with E-state index in [0.29, 0.717) is 6.42 Å². The fraction of sp³-hybridized carbons (Fsp3) is 0.725. The molecule has 276 valence electrons. The zero-order valence-electron chi connectivity index (χ0n) is 33.6. The van der Waals surface area contributed by atoms with Crippen LogP contribution in [-0.4, -0.2) is 45.6 Å². The topological polar surface area (TPSA) is 74.7 Å². The van der Waals surface area contributed by atoms with Gasteiger partial charge in [-0.25, -0.2) is 4.98 Å². The van der Waals surface area contributed by atoms with Gasteiger partial charge in [-0.1, -0.05) is 87.0 Å². The predicted octanol–water partition coefficient (Wildman–Crippen LogP) is 11.7. The lowest BCUT2D eigenvalue weighted by atomic mass is 9.73. The zero-order chi connectivity index (χ0) is 37.3. The number of ether oxygens (including phenoxy) is 1. The average molecular weight is 730 g/mol. The second-order valence-corrected chi connectivity index (χ2v) is 29.1. The van der Waals surface area contributed by atoms with Gasteiger partial charge in [-0.15, -0.1) is 11.3 Å². The van der Waals surface area contributed by atoms with Crippen LogP contribution in [0.2, 0.25) is 36.3 Å². The number of aromatic nitrogens is 1. The Kier molecular flexibility index (Phi) is 13.2. The molecule has 1 aromatic heterocycles. The predicted molar refractivity (Wildman–Crippen MR) is 211 cm³/mol. The second-order valence-electron chi connectivity index (χ2n) is 18.4. The number of hydrogen-bond acceptors (Lipinski definition) is 7. The molecular weight excluding hydrogens is 663 g/mol. The van der Waals surface area contributed by atoms with E-state index in [0.717, 1.165) is 40.1 Å². The van der Waals surface area contributed by atoms with Gasteiger partial charge in [-0.05, 0) is 93.0 Å². The summed E-state index contributed by atoms with van der Waals surface area (Å²) in [5.41, 5.74) is 2.17. The molecule has 0 amide bonds. The SMILES string of the molecule is C/C1=C/CC(c2ccc3sc(C)nc3c2)OC(=O)CC(O[Si](C)(C)C(C)(C)C)C(C)(C)C(=O)C(C)C(O[Si](C)(C)C(C)(C)C)C(C)CCC1. The van der Waals surface area contributed by atoms with Gasteiger partial charge in [0, 0.05) is 17.8 Å². The zero-order valence-corrected chi connectivity index (χ0v) is 36.4. The number of cyclic esters (lactones) is 1. The lowest BCUT2D eigenvalue weighted by Crippen LogP contribution is -2.54. The summed E-state index contributed by atoms with van der Waals surface area (Å²) in [6.45, 7) is 34.7. The van der Waals surface area contributed by atoms with Gasteiger partial charge < -0.3 is 13.6 Å². The Labute approximate surface area is 304 Å². The maximum Gasteiger partial charge on any atom is 0.309 e. The molecule has 49 heavy (non-hydrogen) atoms. The van der Waals surface area contributed by atoms with Gasteiger partial charge in [0.25, 0.3) is 0 Å². The third-order valence-electron chi connectivity index (χ3n) is 11.8. The lowest BCUT2D eigenvalue weighted by Gasteiger charge is -2.46. The molecule has 5 atom stereocenters. The lowest BCUT2D eigenvalue weighted by molar-refractivity contribution is -0.155. The molecule has 1 aliphatic rings. The summed E-state index contributed by atoms with van der Waals surface area (Å²) in [5.74, 6) is -0.442. The molecule has 1 aliphatic heterocycles. The maximum absolute atomic E-state index is 14.9. The molecule has 3 rings (SSSR count). The molecular formula is C40H67NO5SSi2. The van der Waals surface area contributed by atoms with Crippen LogP contribution in [0, 0.1) is 24.2 Å². The number of nitrogens with zero attached hydrogens (tertiary/aromatic N) is 1. The van der Waals surface area contributed by atoms with Gasteiger partial charge in [0.2, 0.25) is 0 Å². The normalized spacial score (nSPS) is 27.1. The number of benzene rings is 1. The largest absolute Gasteiger partial charge is 0.457 e. The first-order chi connectivity index (χ1) is 22.3. The Balaban J connectivity index is 2.12. The number of esters is 1. The summed E-state index contributed by atoms with van der Waals surface area (Å²) in [4.78, 5) is 33.7. The number of Topliss-reactive ketones (excluding diaryl/α,β-unsaturated/α-hetero) is 1. The van der Waals surface area contributed by atoms with Gasteiger partial charge in [0.05, 0.1) is 33.9 Å². The molecule has 2 aromatic rings. The summed E-state index contributed by atoms with van der Waals surface area (Å²) in [5, 5.41) is 0.915. The smallest absolute Gasteiger partial charge is 0.309 e. The van der Waals surface area contributed by atoms with Gasteiger partial charge in [0.15, 0.2) is 16.6 Å². The highest BCUT2D eigenvalue weighted by Crippen LogP contribution is 2.44. The van der Waals surface area contributed by atoms with Gasteiger partial charge in [-0.2, -0.15) is 0 Å². The van der Waals surface area contributed by atoms with Crippen molar-refractivity contribution in [1.29, 1.82) is 0 Å². The molecule has 0 spiro atoms. The molecule has 2 heterocycles. The molecule has 0 aliphatic carbocycles. The van der Waals surface area contributed by atoms with Crippen LogP contribution in [0.25, 0.3) is 10.2 Å². The van der Waals surface area contributed by atoms with Gasteiger partial charge in [-0.3, -0.25) is 9.59 Å². The quantitative estimate of drug-likeness (QED) is 0.173. The van der Waals surface area contributed by atoms with Crippen LogP contribution in [0.3, 0.4) is 0 Å². The van der Waals surface area contributed by atoms with E-state index in [2.05, 4.69) is 106 Å².